The number of benzene rings is 9. The number of nitrogens with zero attached hydrogens (tertiary/aromatic N) is 3. The van der Waals surface area contributed by atoms with Gasteiger partial charge >= 0.3 is 0 Å². The maximum Gasteiger partial charge on any atom is 0.220 e. The average Bonchev–Trinajstić information content (AvgIpc) is 3.48. The van der Waals surface area contributed by atoms with Crippen LogP contribution in [0.5, 0.6) is 0 Å². The summed E-state index contributed by atoms with van der Waals surface area (Å²) in [5, 5.41) is 13.3. The van der Waals surface area contributed by atoms with Crippen molar-refractivity contribution in [2.24, 2.45) is 14.1 Å². The maximum atomic E-state index is 4.69. The highest BCUT2D eigenvalue weighted by molar-refractivity contribution is 7.20. The Morgan fingerprint density at radius 1 is 0.342 bits per heavy atom. The summed E-state index contributed by atoms with van der Waals surface area (Å²) < 4.78 is 4.51. The van der Waals surface area contributed by atoms with Gasteiger partial charge in [0.25, 0.3) is 0 Å². The molecule has 0 fully saturated rings. The second-order valence-electron chi connectivity index (χ2n) is 20.6. The zero-order chi connectivity index (χ0) is 52.2. The van der Waals surface area contributed by atoms with Gasteiger partial charge in [0.05, 0.1) is 10.8 Å². The van der Waals surface area contributed by atoms with Gasteiger partial charge in [0.2, 0.25) is 11.4 Å². The third-order valence-corrected chi connectivity index (χ3v) is 23.6. The minimum absolute atomic E-state index is 1.22. The Kier molecular flexibility index (Phi) is 13.9. The van der Waals surface area contributed by atoms with E-state index in [1.165, 1.54) is 109 Å². The predicted molar refractivity (Wildman–Crippen MR) is 326 cm³/mol. The molecule has 0 saturated carbocycles. The summed E-state index contributed by atoms with van der Waals surface area (Å²) in [5.74, 6) is 0. The lowest BCUT2D eigenvalue weighted by Gasteiger charge is -2.34. The van der Waals surface area contributed by atoms with Crippen LogP contribution >= 0.6 is 0 Å². The van der Waals surface area contributed by atoms with Gasteiger partial charge in [-0.1, -0.05) is 225 Å². The van der Waals surface area contributed by atoms with Crippen molar-refractivity contribution in [1.82, 2.24) is 4.98 Å². The van der Waals surface area contributed by atoms with Crippen LogP contribution in [0.4, 0.5) is 0 Å². The predicted octanol–water partition coefficient (Wildman–Crippen LogP) is 12.2. The number of hydrogen-bond acceptors (Lipinski definition) is 1. The number of aryl methyl sites for hydroxylation is 4. The number of fused-ring (bicyclic) bond motifs is 2. The molecule has 12 rings (SSSR count). The molecule has 0 radical (unpaired) electrons. The second-order valence-corrected chi connectivity index (χ2v) is 28.8. The molecule has 0 atom stereocenters. The first-order valence-electron chi connectivity index (χ1n) is 26.4. The Morgan fingerprint density at radius 3 is 1.14 bits per heavy atom. The van der Waals surface area contributed by atoms with Crippen molar-refractivity contribution in [2.45, 2.75) is 26.9 Å². The van der Waals surface area contributed by atoms with Gasteiger partial charge in [-0.2, -0.15) is 0 Å². The van der Waals surface area contributed by atoms with Gasteiger partial charge in [-0.25, -0.2) is 9.13 Å². The summed E-state index contributed by atoms with van der Waals surface area (Å²) in [6.07, 6.45) is 6.30. The molecule has 12 aromatic rings. The van der Waals surface area contributed by atoms with Crippen LogP contribution < -0.4 is 40.4 Å². The standard InChI is InChI=1S/C41H34NSi.C30H29N2Si/c1-31-29-33(32-15-7-3-8-16-32)23-25-39(31)41-40-26-24-38(30-34(40)27-28-42(41)2)43(35-17-9-4-10-18-35,36-19-11-5-12-20-36)37-21-13-6-14-22-37;1-22-20-24(23-10-6-5-7-11-23)13-15-27(22)30-28-16-14-26(21-25(28)17-19-32(30)2)33(3,4)29-12-8-9-18-31-29/h3-30H,1-2H3;5-21H,1-4H3/q2*+1. The molecule has 76 heavy (non-hydrogen) atoms. The fourth-order valence-corrected chi connectivity index (χ4v) is 18.5. The summed E-state index contributed by atoms with van der Waals surface area (Å²) in [5.41, 5.74) is 12.6. The normalized spacial score (nSPS) is 11.6. The summed E-state index contributed by atoms with van der Waals surface area (Å²) in [6.45, 7) is 9.21. The lowest BCUT2D eigenvalue weighted by molar-refractivity contribution is -0.659. The number of pyridine rings is 3. The van der Waals surface area contributed by atoms with Crippen LogP contribution in [-0.2, 0) is 14.1 Å². The zero-order valence-corrected chi connectivity index (χ0v) is 46.3. The smallest absolute Gasteiger partial charge is 0.220 e. The van der Waals surface area contributed by atoms with Gasteiger partial charge in [0, 0.05) is 34.8 Å². The average molecular weight is 1010 g/mol. The van der Waals surface area contributed by atoms with Gasteiger partial charge in [-0.05, 0) is 115 Å². The van der Waals surface area contributed by atoms with Crippen molar-refractivity contribution in [3.8, 4) is 44.8 Å². The Balaban J connectivity index is 0.000000168. The second kappa shape index (κ2) is 21.3. The van der Waals surface area contributed by atoms with Crippen molar-refractivity contribution in [3.63, 3.8) is 0 Å². The van der Waals surface area contributed by atoms with Crippen LogP contribution in [0.25, 0.3) is 66.3 Å². The molecule has 368 valence electrons. The molecule has 0 saturated heterocycles. The molecule has 3 aromatic heterocycles. The van der Waals surface area contributed by atoms with Crippen LogP contribution in [0.3, 0.4) is 0 Å². The summed E-state index contributed by atoms with van der Waals surface area (Å²) in [6, 6.07) is 93.3. The first-order chi connectivity index (χ1) is 37.1. The number of rotatable bonds is 10. The van der Waals surface area contributed by atoms with E-state index in [-0.39, 0.29) is 0 Å². The molecule has 0 N–H and O–H groups in total. The molecular formula is C71H63N3Si2+2. The van der Waals surface area contributed by atoms with E-state index in [1.807, 2.05) is 12.3 Å². The largest absolute Gasteiger partial charge is 0.266 e. The van der Waals surface area contributed by atoms with E-state index < -0.39 is 16.1 Å². The van der Waals surface area contributed by atoms with Crippen LogP contribution in [0, 0.1) is 13.8 Å². The lowest BCUT2D eigenvalue weighted by atomic mass is 9.95. The van der Waals surface area contributed by atoms with E-state index in [1.54, 1.807) is 0 Å². The lowest BCUT2D eigenvalue weighted by Crippen LogP contribution is -2.74. The number of hydrogen-bond donors (Lipinski definition) is 0. The van der Waals surface area contributed by atoms with Crippen molar-refractivity contribution in [1.29, 1.82) is 0 Å². The molecule has 0 bridgehead atoms. The fraction of sp³-hybridized carbons (Fsp3) is 0.0845. The Hall–Kier alpha value is -8.62. The van der Waals surface area contributed by atoms with Crippen LogP contribution in [0.1, 0.15) is 11.1 Å². The van der Waals surface area contributed by atoms with Crippen molar-refractivity contribution in [2.75, 3.05) is 0 Å². The minimum atomic E-state index is -2.59. The van der Waals surface area contributed by atoms with E-state index in [0.717, 1.165) is 0 Å². The van der Waals surface area contributed by atoms with E-state index in [9.17, 15) is 0 Å². The molecular weight excluding hydrogens is 951 g/mol. The van der Waals surface area contributed by atoms with Gasteiger partial charge in [-0.15, -0.1) is 0 Å². The molecule has 0 aliphatic heterocycles. The SMILES string of the molecule is Cc1cc(-c2ccccc2)ccc1-c1c2ccc([Si](C)(C)c3ccccn3)cc2cc[n+]1C.Cc1cc(-c2ccccc2)ccc1-c1c2ccc([Si](c3ccccc3)(c3ccccc3)c3ccccc3)cc2cc[n+]1C. The minimum Gasteiger partial charge on any atom is -0.266 e. The molecule has 0 unspecified atom stereocenters. The monoisotopic (exact) mass is 1010 g/mol. The van der Waals surface area contributed by atoms with Gasteiger partial charge in [0.15, 0.2) is 20.5 Å². The first-order valence-corrected chi connectivity index (χ1v) is 31.4. The van der Waals surface area contributed by atoms with E-state index in [2.05, 4.69) is 316 Å². The summed E-state index contributed by atoms with van der Waals surface area (Å²) in [4.78, 5) is 4.69. The molecule has 0 spiro atoms. The van der Waals surface area contributed by atoms with E-state index in [0.29, 0.717) is 0 Å². The van der Waals surface area contributed by atoms with Crippen LogP contribution in [0.2, 0.25) is 13.1 Å². The topological polar surface area (TPSA) is 20.6 Å². The number of aromatic nitrogens is 3. The van der Waals surface area contributed by atoms with Crippen molar-refractivity contribution in [3.05, 3.63) is 285 Å². The maximum absolute atomic E-state index is 4.69. The quantitative estimate of drug-likeness (QED) is 0.0760. The highest BCUT2D eigenvalue weighted by Gasteiger charge is 2.41. The van der Waals surface area contributed by atoms with Gasteiger partial charge in [-0.3, -0.25) is 4.98 Å². The summed E-state index contributed by atoms with van der Waals surface area (Å²) >= 11 is 0. The highest BCUT2D eigenvalue weighted by Crippen LogP contribution is 2.33. The van der Waals surface area contributed by atoms with Crippen LogP contribution in [0.15, 0.2) is 273 Å². The van der Waals surface area contributed by atoms with Crippen molar-refractivity contribution < 1.29 is 9.13 Å². The highest BCUT2D eigenvalue weighted by atomic mass is 28.3. The molecule has 3 heterocycles. The van der Waals surface area contributed by atoms with E-state index in [4.69, 9.17) is 0 Å². The van der Waals surface area contributed by atoms with Gasteiger partial charge < -0.3 is 0 Å². The molecule has 0 aliphatic rings. The van der Waals surface area contributed by atoms with Crippen LogP contribution in [-0.4, -0.2) is 21.1 Å². The molecule has 3 nitrogen and oxygen atoms in total. The Morgan fingerprint density at radius 2 is 0.737 bits per heavy atom. The zero-order valence-electron chi connectivity index (χ0n) is 44.3. The first kappa shape index (κ1) is 49.6. The molecule has 0 amide bonds. The Labute approximate surface area is 450 Å². The third kappa shape index (κ3) is 9.45. The van der Waals surface area contributed by atoms with E-state index >= 15 is 0 Å². The third-order valence-electron chi connectivity index (χ3n) is 15.5. The molecule has 0 aliphatic carbocycles. The van der Waals surface area contributed by atoms with Gasteiger partial charge in [0.1, 0.15) is 22.2 Å². The van der Waals surface area contributed by atoms with Crippen molar-refractivity contribution >= 4 is 68.9 Å². The molecule has 5 heteroatoms. The molecule has 9 aromatic carbocycles. The Bertz CT molecular complexity index is 3880. The fourth-order valence-electron chi connectivity index (χ4n) is 11.5. The summed E-state index contributed by atoms with van der Waals surface area (Å²) in [7, 11) is -0.151.